The van der Waals surface area contributed by atoms with E-state index in [1.54, 1.807) is 7.11 Å². The lowest BCUT2D eigenvalue weighted by Gasteiger charge is -2.41. The number of piperidine rings is 1. The summed E-state index contributed by atoms with van der Waals surface area (Å²) < 4.78 is 10.5. The van der Waals surface area contributed by atoms with E-state index in [-0.39, 0.29) is 12.0 Å². The molecule has 1 aliphatic heterocycles. The van der Waals surface area contributed by atoms with E-state index in [2.05, 4.69) is 15.0 Å². The molecule has 1 N–H and O–H groups in total. The molecule has 6 nitrogen and oxygen atoms in total. The van der Waals surface area contributed by atoms with Gasteiger partial charge in [-0.3, -0.25) is 0 Å². The molecule has 6 heteroatoms. The van der Waals surface area contributed by atoms with Crippen LogP contribution in [0, 0.1) is 5.41 Å². The maximum Gasteiger partial charge on any atom is 0.266 e. The van der Waals surface area contributed by atoms with Gasteiger partial charge in [0.15, 0.2) is 0 Å². The van der Waals surface area contributed by atoms with Gasteiger partial charge in [-0.2, -0.15) is 4.98 Å². The molecule has 1 aromatic heterocycles. The van der Waals surface area contributed by atoms with Gasteiger partial charge in [-0.25, -0.2) is 0 Å². The first-order valence-corrected chi connectivity index (χ1v) is 7.95. The summed E-state index contributed by atoms with van der Waals surface area (Å²) in [6.45, 7) is 2.70. The summed E-state index contributed by atoms with van der Waals surface area (Å²) in [6, 6.07) is 0. The Kier molecular flexibility index (Phi) is 4.45. The van der Waals surface area contributed by atoms with E-state index in [0.717, 1.165) is 51.3 Å². The number of hydrogen-bond acceptors (Lipinski definition) is 6. The number of rotatable bonds is 7. The number of ether oxygens (including phenoxy) is 1. The molecular weight excluding hydrogens is 270 g/mol. The highest BCUT2D eigenvalue weighted by Gasteiger charge is 2.37. The molecule has 0 spiro atoms. The molecule has 0 radical (unpaired) electrons. The van der Waals surface area contributed by atoms with Gasteiger partial charge in [0.05, 0.1) is 6.61 Å². The summed E-state index contributed by atoms with van der Waals surface area (Å²) in [5.41, 5.74) is -0.0584. The number of aliphatic hydroxyl groups is 1. The van der Waals surface area contributed by atoms with Crippen molar-refractivity contribution in [1.82, 2.24) is 10.1 Å². The van der Waals surface area contributed by atoms with E-state index in [9.17, 15) is 5.11 Å². The molecule has 0 bridgehead atoms. The standard InChI is InChI=1S/C15H25N3O3/c1-20-9-3-7-15(11-19)6-2-8-18(10-15)14-16-13(21-17-14)12-4-5-12/h12,19H,2-11H2,1H3/t15-/m1/s1. The SMILES string of the molecule is COCCC[C@]1(CO)CCCN(c2noc(C3CC3)n2)C1. The zero-order valence-corrected chi connectivity index (χ0v) is 12.8. The van der Waals surface area contributed by atoms with Crippen molar-refractivity contribution in [3.8, 4) is 0 Å². The van der Waals surface area contributed by atoms with Crippen molar-refractivity contribution in [1.29, 1.82) is 0 Å². The van der Waals surface area contributed by atoms with Gasteiger partial charge >= 0.3 is 0 Å². The first-order chi connectivity index (χ1) is 10.3. The van der Waals surface area contributed by atoms with Crippen LogP contribution in [0.2, 0.25) is 0 Å². The van der Waals surface area contributed by atoms with Crippen LogP contribution in [0.15, 0.2) is 4.52 Å². The van der Waals surface area contributed by atoms with Crippen molar-refractivity contribution in [2.24, 2.45) is 5.41 Å². The highest BCUT2D eigenvalue weighted by atomic mass is 16.5. The van der Waals surface area contributed by atoms with E-state index < -0.39 is 0 Å². The van der Waals surface area contributed by atoms with Crippen LogP contribution in [-0.4, -0.2) is 48.7 Å². The lowest BCUT2D eigenvalue weighted by atomic mass is 9.77. The smallest absolute Gasteiger partial charge is 0.266 e. The highest BCUT2D eigenvalue weighted by molar-refractivity contribution is 5.30. The lowest BCUT2D eigenvalue weighted by Crippen LogP contribution is -2.46. The Morgan fingerprint density at radius 3 is 3.05 bits per heavy atom. The van der Waals surface area contributed by atoms with Crippen LogP contribution >= 0.6 is 0 Å². The molecular formula is C15H25N3O3. The maximum absolute atomic E-state index is 9.88. The normalized spacial score (nSPS) is 26.3. The topological polar surface area (TPSA) is 71.6 Å². The second kappa shape index (κ2) is 6.32. The summed E-state index contributed by atoms with van der Waals surface area (Å²) in [4.78, 5) is 6.70. The number of anilines is 1. The minimum Gasteiger partial charge on any atom is -0.396 e. The summed E-state index contributed by atoms with van der Waals surface area (Å²) in [7, 11) is 1.72. The predicted octanol–water partition coefficient (Wildman–Crippen LogP) is 1.95. The van der Waals surface area contributed by atoms with Crippen molar-refractivity contribution in [2.75, 3.05) is 38.3 Å². The molecule has 3 rings (SSSR count). The number of hydrogen-bond donors (Lipinski definition) is 1. The van der Waals surface area contributed by atoms with Gasteiger partial charge in [-0.15, -0.1) is 0 Å². The highest BCUT2D eigenvalue weighted by Crippen LogP contribution is 2.40. The van der Waals surface area contributed by atoms with Crippen LogP contribution in [0.25, 0.3) is 0 Å². The largest absolute Gasteiger partial charge is 0.396 e. The van der Waals surface area contributed by atoms with E-state index >= 15 is 0 Å². The van der Waals surface area contributed by atoms with Gasteiger partial charge in [-0.1, -0.05) is 0 Å². The van der Waals surface area contributed by atoms with Crippen LogP contribution in [0.5, 0.6) is 0 Å². The Morgan fingerprint density at radius 1 is 1.48 bits per heavy atom. The van der Waals surface area contributed by atoms with Gasteiger partial charge in [0.25, 0.3) is 5.95 Å². The molecule has 1 saturated heterocycles. The first kappa shape index (κ1) is 14.8. The molecule has 2 heterocycles. The average Bonchev–Trinajstić information content (AvgIpc) is 3.25. The summed E-state index contributed by atoms with van der Waals surface area (Å²) in [5, 5.41) is 14.0. The third kappa shape index (κ3) is 3.37. The van der Waals surface area contributed by atoms with Crippen LogP contribution in [0.1, 0.15) is 50.3 Å². The Bertz CT molecular complexity index is 461. The summed E-state index contributed by atoms with van der Waals surface area (Å²) in [6.07, 6.45) is 6.39. The molecule has 2 fully saturated rings. The third-order valence-corrected chi connectivity index (χ3v) is 4.69. The first-order valence-electron chi connectivity index (χ1n) is 7.95. The molecule has 0 aromatic carbocycles. The fraction of sp³-hybridized carbons (Fsp3) is 0.867. The fourth-order valence-electron chi connectivity index (χ4n) is 3.23. The predicted molar refractivity (Wildman–Crippen MR) is 78.3 cm³/mol. The van der Waals surface area contributed by atoms with Crippen LogP contribution in [0.4, 0.5) is 5.95 Å². The van der Waals surface area contributed by atoms with Crippen molar-refractivity contribution in [2.45, 2.75) is 44.4 Å². The molecule has 1 saturated carbocycles. The lowest BCUT2D eigenvalue weighted by molar-refractivity contribution is 0.0817. The average molecular weight is 295 g/mol. The second-order valence-corrected chi connectivity index (χ2v) is 6.49. The van der Waals surface area contributed by atoms with Crippen molar-refractivity contribution in [3.05, 3.63) is 5.89 Å². The molecule has 2 aliphatic rings. The third-order valence-electron chi connectivity index (χ3n) is 4.69. The minimum atomic E-state index is -0.0584. The zero-order valence-electron chi connectivity index (χ0n) is 12.8. The Labute approximate surface area is 125 Å². The van der Waals surface area contributed by atoms with Crippen molar-refractivity contribution in [3.63, 3.8) is 0 Å². The Balaban J connectivity index is 1.65. The minimum absolute atomic E-state index is 0.0584. The van der Waals surface area contributed by atoms with Crippen molar-refractivity contribution >= 4 is 5.95 Å². The van der Waals surface area contributed by atoms with E-state index in [4.69, 9.17) is 9.26 Å². The number of nitrogens with zero attached hydrogens (tertiary/aromatic N) is 3. The number of methoxy groups -OCH3 is 1. The Morgan fingerprint density at radius 2 is 2.33 bits per heavy atom. The van der Waals surface area contributed by atoms with Gasteiger partial charge in [0.2, 0.25) is 5.89 Å². The fourth-order valence-corrected chi connectivity index (χ4v) is 3.23. The quantitative estimate of drug-likeness (QED) is 0.775. The number of aliphatic hydroxyl groups excluding tert-OH is 1. The Hall–Kier alpha value is -1.14. The van der Waals surface area contributed by atoms with Crippen LogP contribution in [0.3, 0.4) is 0 Å². The number of aromatic nitrogens is 2. The van der Waals surface area contributed by atoms with E-state index in [1.807, 2.05) is 0 Å². The van der Waals surface area contributed by atoms with Gasteiger partial charge in [0, 0.05) is 38.1 Å². The maximum atomic E-state index is 9.88. The molecule has 1 aliphatic carbocycles. The molecule has 0 amide bonds. The molecule has 1 atom stereocenters. The van der Waals surface area contributed by atoms with Gasteiger partial charge in [0.1, 0.15) is 0 Å². The molecule has 118 valence electrons. The molecule has 0 unspecified atom stereocenters. The van der Waals surface area contributed by atoms with Crippen molar-refractivity contribution < 1.29 is 14.4 Å². The molecule has 21 heavy (non-hydrogen) atoms. The van der Waals surface area contributed by atoms with E-state index in [1.165, 1.54) is 12.8 Å². The summed E-state index contributed by atoms with van der Waals surface area (Å²) in [5.74, 6) is 1.96. The van der Waals surface area contributed by atoms with E-state index in [0.29, 0.717) is 11.9 Å². The van der Waals surface area contributed by atoms with Gasteiger partial charge < -0.3 is 19.3 Å². The zero-order chi connectivity index (χ0) is 14.7. The summed E-state index contributed by atoms with van der Waals surface area (Å²) >= 11 is 0. The second-order valence-electron chi connectivity index (χ2n) is 6.49. The van der Waals surface area contributed by atoms with Crippen LogP contribution in [-0.2, 0) is 4.74 Å². The van der Waals surface area contributed by atoms with Crippen LogP contribution < -0.4 is 4.90 Å². The monoisotopic (exact) mass is 295 g/mol. The van der Waals surface area contributed by atoms with Gasteiger partial charge in [-0.05, 0) is 43.7 Å². The molecule has 1 aromatic rings.